The van der Waals surface area contributed by atoms with Crippen molar-refractivity contribution < 1.29 is 0 Å². The Morgan fingerprint density at radius 1 is 1.25 bits per heavy atom. The van der Waals surface area contributed by atoms with Crippen molar-refractivity contribution in [3.05, 3.63) is 23.9 Å². The molecular formula is C14H22N2. The minimum atomic E-state index is 0.551. The number of hydrogen-bond acceptors (Lipinski definition) is 2. The fourth-order valence-electron chi connectivity index (χ4n) is 2.61. The highest BCUT2D eigenvalue weighted by Crippen LogP contribution is 2.27. The van der Waals surface area contributed by atoms with Crippen molar-refractivity contribution in [3.63, 3.8) is 0 Å². The van der Waals surface area contributed by atoms with Crippen molar-refractivity contribution in [3.8, 4) is 0 Å². The van der Waals surface area contributed by atoms with Crippen LogP contribution < -0.4 is 5.32 Å². The van der Waals surface area contributed by atoms with E-state index in [-0.39, 0.29) is 0 Å². The SMILES string of the molecule is Cc1cccc(NC(C)C2CCCCC2)n1. The van der Waals surface area contributed by atoms with Crippen LogP contribution in [-0.2, 0) is 0 Å². The van der Waals surface area contributed by atoms with Gasteiger partial charge in [-0.1, -0.05) is 25.3 Å². The smallest absolute Gasteiger partial charge is 0.126 e. The van der Waals surface area contributed by atoms with Gasteiger partial charge in [0.1, 0.15) is 5.82 Å². The molecule has 1 aromatic heterocycles. The van der Waals surface area contributed by atoms with Gasteiger partial charge in [0.05, 0.1) is 0 Å². The summed E-state index contributed by atoms with van der Waals surface area (Å²) in [4.78, 5) is 4.50. The zero-order valence-corrected chi connectivity index (χ0v) is 10.4. The molecule has 0 aromatic carbocycles. The summed E-state index contributed by atoms with van der Waals surface area (Å²) < 4.78 is 0. The number of aromatic nitrogens is 1. The van der Waals surface area contributed by atoms with E-state index in [0.717, 1.165) is 17.4 Å². The zero-order valence-electron chi connectivity index (χ0n) is 10.4. The molecule has 1 saturated carbocycles. The third kappa shape index (κ3) is 2.97. The van der Waals surface area contributed by atoms with Crippen molar-refractivity contribution in [1.82, 2.24) is 4.98 Å². The van der Waals surface area contributed by atoms with Crippen LogP contribution in [0.1, 0.15) is 44.7 Å². The summed E-state index contributed by atoms with van der Waals surface area (Å²) in [6.45, 7) is 4.33. The van der Waals surface area contributed by atoms with Crippen molar-refractivity contribution >= 4 is 5.82 Å². The van der Waals surface area contributed by atoms with Gasteiger partial charge in [0.2, 0.25) is 0 Å². The van der Waals surface area contributed by atoms with Crippen LogP contribution in [0.5, 0.6) is 0 Å². The number of rotatable bonds is 3. The summed E-state index contributed by atoms with van der Waals surface area (Å²) in [5.74, 6) is 1.86. The highest BCUT2D eigenvalue weighted by molar-refractivity contribution is 5.36. The van der Waals surface area contributed by atoms with Crippen LogP contribution in [0.25, 0.3) is 0 Å². The Bertz CT molecular complexity index is 329. The van der Waals surface area contributed by atoms with Crippen molar-refractivity contribution in [2.45, 2.75) is 52.0 Å². The number of nitrogens with one attached hydrogen (secondary N) is 1. The highest BCUT2D eigenvalue weighted by atomic mass is 15.0. The maximum Gasteiger partial charge on any atom is 0.126 e. The molecule has 1 aliphatic rings. The van der Waals surface area contributed by atoms with E-state index in [1.807, 2.05) is 13.0 Å². The van der Waals surface area contributed by atoms with Gasteiger partial charge in [0, 0.05) is 11.7 Å². The van der Waals surface area contributed by atoms with Gasteiger partial charge in [-0.3, -0.25) is 0 Å². The second kappa shape index (κ2) is 5.33. The van der Waals surface area contributed by atoms with Gasteiger partial charge >= 0.3 is 0 Å². The summed E-state index contributed by atoms with van der Waals surface area (Å²) in [5, 5.41) is 3.54. The predicted octanol–water partition coefficient (Wildman–Crippen LogP) is 3.77. The van der Waals surface area contributed by atoms with E-state index >= 15 is 0 Å². The summed E-state index contributed by atoms with van der Waals surface area (Å²) in [7, 11) is 0. The topological polar surface area (TPSA) is 24.9 Å². The molecule has 2 rings (SSSR count). The number of pyridine rings is 1. The van der Waals surface area contributed by atoms with Crippen LogP contribution in [0.15, 0.2) is 18.2 Å². The lowest BCUT2D eigenvalue weighted by molar-refractivity contribution is 0.328. The molecule has 1 N–H and O–H groups in total. The van der Waals surface area contributed by atoms with Gasteiger partial charge < -0.3 is 5.32 Å². The van der Waals surface area contributed by atoms with Crippen LogP contribution in [0, 0.1) is 12.8 Å². The molecule has 1 atom stereocenters. The molecule has 0 radical (unpaired) electrons. The minimum Gasteiger partial charge on any atom is -0.367 e. The average molecular weight is 218 g/mol. The van der Waals surface area contributed by atoms with Gasteiger partial charge in [0.25, 0.3) is 0 Å². The second-order valence-electron chi connectivity index (χ2n) is 5.00. The Morgan fingerprint density at radius 3 is 2.69 bits per heavy atom. The molecule has 2 nitrogen and oxygen atoms in total. The molecule has 16 heavy (non-hydrogen) atoms. The summed E-state index contributed by atoms with van der Waals surface area (Å²) in [5.41, 5.74) is 1.08. The summed E-state index contributed by atoms with van der Waals surface area (Å²) in [6.07, 6.45) is 6.97. The lowest BCUT2D eigenvalue weighted by Crippen LogP contribution is -2.28. The summed E-state index contributed by atoms with van der Waals surface area (Å²) >= 11 is 0. The third-order valence-electron chi connectivity index (χ3n) is 3.62. The number of anilines is 1. The maximum absolute atomic E-state index is 4.50. The second-order valence-corrected chi connectivity index (χ2v) is 5.00. The van der Waals surface area contributed by atoms with Gasteiger partial charge in [-0.05, 0) is 44.7 Å². The number of hydrogen-bond donors (Lipinski definition) is 1. The molecule has 1 aromatic rings. The minimum absolute atomic E-state index is 0.551. The van der Waals surface area contributed by atoms with Crippen molar-refractivity contribution in [2.75, 3.05) is 5.32 Å². The lowest BCUT2D eigenvalue weighted by Gasteiger charge is -2.28. The standard InChI is InChI=1S/C14H22N2/c1-11-7-6-10-14(15-11)16-12(2)13-8-4-3-5-9-13/h6-7,10,12-13H,3-5,8-9H2,1-2H3,(H,15,16). The Morgan fingerprint density at radius 2 is 2.00 bits per heavy atom. The van der Waals surface area contributed by atoms with Crippen LogP contribution in [-0.4, -0.2) is 11.0 Å². The zero-order chi connectivity index (χ0) is 11.4. The van der Waals surface area contributed by atoms with Gasteiger partial charge in [-0.25, -0.2) is 4.98 Å². The molecule has 1 unspecified atom stereocenters. The van der Waals surface area contributed by atoms with Gasteiger partial charge in [-0.15, -0.1) is 0 Å². The van der Waals surface area contributed by atoms with E-state index in [2.05, 4.69) is 29.4 Å². The van der Waals surface area contributed by atoms with E-state index in [9.17, 15) is 0 Å². The molecule has 2 heteroatoms. The van der Waals surface area contributed by atoms with Crippen LogP contribution in [0.3, 0.4) is 0 Å². The number of nitrogens with zero attached hydrogens (tertiary/aromatic N) is 1. The Hall–Kier alpha value is -1.05. The molecule has 1 heterocycles. The number of aryl methyl sites for hydroxylation is 1. The van der Waals surface area contributed by atoms with E-state index in [0.29, 0.717) is 6.04 Å². The molecule has 1 aliphatic carbocycles. The van der Waals surface area contributed by atoms with Gasteiger partial charge in [-0.2, -0.15) is 0 Å². The first-order valence-corrected chi connectivity index (χ1v) is 6.46. The normalized spacial score (nSPS) is 19.4. The van der Waals surface area contributed by atoms with Crippen molar-refractivity contribution in [2.24, 2.45) is 5.92 Å². The van der Waals surface area contributed by atoms with Crippen LogP contribution in [0.4, 0.5) is 5.82 Å². The first-order valence-electron chi connectivity index (χ1n) is 6.46. The fourth-order valence-corrected chi connectivity index (χ4v) is 2.61. The van der Waals surface area contributed by atoms with E-state index in [1.54, 1.807) is 0 Å². The molecule has 0 amide bonds. The molecule has 0 bridgehead atoms. The lowest BCUT2D eigenvalue weighted by atomic mass is 9.84. The van der Waals surface area contributed by atoms with Crippen molar-refractivity contribution in [1.29, 1.82) is 0 Å². The summed E-state index contributed by atoms with van der Waals surface area (Å²) in [6, 6.07) is 6.72. The van der Waals surface area contributed by atoms with E-state index < -0.39 is 0 Å². The molecule has 0 saturated heterocycles. The fraction of sp³-hybridized carbons (Fsp3) is 0.643. The molecule has 0 aliphatic heterocycles. The average Bonchev–Trinajstić information content (AvgIpc) is 2.30. The maximum atomic E-state index is 4.50. The Labute approximate surface area is 98.5 Å². The van der Waals surface area contributed by atoms with E-state index in [1.165, 1.54) is 32.1 Å². The van der Waals surface area contributed by atoms with E-state index in [4.69, 9.17) is 0 Å². The highest BCUT2D eigenvalue weighted by Gasteiger charge is 2.19. The predicted molar refractivity (Wildman–Crippen MR) is 68.6 cm³/mol. The van der Waals surface area contributed by atoms with Crippen LogP contribution in [0.2, 0.25) is 0 Å². The third-order valence-corrected chi connectivity index (χ3v) is 3.62. The Kier molecular flexibility index (Phi) is 3.81. The molecule has 88 valence electrons. The monoisotopic (exact) mass is 218 g/mol. The van der Waals surface area contributed by atoms with Gasteiger partial charge in [0.15, 0.2) is 0 Å². The quantitative estimate of drug-likeness (QED) is 0.835. The Balaban J connectivity index is 1.93. The molecule has 0 spiro atoms. The van der Waals surface area contributed by atoms with Crippen LogP contribution >= 0.6 is 0 Å². The largest absolute Gasteiger partial charge is 0.367 e. The first kappa shape index (κ1) is 11.4. The molecule has 1 fully saturated rings. The first-order chi connectivity index (χ1) is 7.75. The molecular weight excluding hydrogens is 196 g/mol.